The first kappa shape index (κ1) is 22.3. The molecule has 4 heteroatoms. The second-order valence-electron chi connectivity index (χ2n) is 7.31. The molecule has 0 fully saturated rings. The zero-order valence-corrected chi connectivity index (χ0v) is 18.4. The average molecular weight is 398 g/mol. The van der Waals surface area contributed by atoms with Gasteiger partial charge >= 0.3 is 0 Å². The highest BCUT2D eigenvalue weighted by molar-refractivity contribution is 7.64. The van der Waals surface area contributed by atoms with Gasteiger partial charge in [0.2, 0.25) is 5.52 Å². The molecular weight excluding hydrogens is 367 g/mol. The molecule has 0 aromatic heterocycles. The van der Waals surface area contributed by atoms with Crippen LogP contribution in [0.1, 0.15) is 76.1 Å². The summed E-state index contributed by atoms with van der Waals surface area (Å²) in [5.74, 6) is 0.162. The van der Waals surface area contributed by atoms with Crippen LogP contribution < -0.4 is 0 Å². The van der Waals surface area contributed by atoms with E-state index in [0.29, 0.717) is 31.0 Å². The van der Waals surface area contributed by atoms with Gasteiger partial charge in [0.05, 0.1) is 0 Å². The second-order valence-corrected chi connectivity index (χ2v) is 9.11. The number of carbonyl (C=O) groups is 2. The van der Waals surface area contributed by atoms with Crippen LogP contribution in [0.15, 0.2) is 36.4 Å². The van der Waals surface area contributed by atoms with Gasteiger partial charge < -0.3 is 4.57 Å². The fraction of sp³-hybridized carbons (Fsp3) is 0.417. The SMILES string of the molecule is CCc1cccc(CC)c1C(=O)CCCC[PH](=O)C(=O)c1c(C)cccc1C. The number of benzene rings is 2. The maximum Gasteiger partial charge on any atom is 0.219 e. The predicted octanol–water partition coefficient (Wildman–Crippen LogP) is 6.18. The van der Waals surface area contributed by atoms with Crippen molar-refractivity contribution in [3.05, 3.63) is 69.8 Å². The smallest absolute Gasteiger partial charge is 0.219 e. The summed E-state index contributed by atoms with van der Waals surface area (Å²) < 4.78 is 12.5. The minimum Gasteiger partial charge on any atom is -0.318 e. The van der Waals surface area contributed by atoms with E-state index in [9.17, 15) is 14.2 Å². The van der Waals surface area contributed by atoms with Gasteiger partial charge in [0.1, 0.15) is 7.80 Å². The van der Waals surface area contributed by atoms with Gasteiger partial charge in [0.25, 0.3) is 0 Å². The molecular formula is C24H31O3P. The molecule has 0 amide bonds. The van der Waals surface area contributed by atoms with E-state index in [1.165, 1.54) is 0 Å². The summed E-state index contributed by atoms with van der Waals surface area (Å²) in [5, 5.41) is 0. The highest BCUT2D eigenvalue weighted by atomic mass is 31.1. The maximum absolute atomic E-state index is 12.8. The summed E-state index contributed by atoms with van der Waals surface area (Å²) in [5.41, 5.74) is 5.20. The molecule has 0 spiro atoms. The van der Waals surface area contributed by atoms with Gasteiger partial charge in [-0.3, -0.25) is 9.59 Å². The number of hydrogen-bond donors (Lipinski definition) is 0. The first-order valence-electron chi connectivity index (χ1n) is 10.2. The lowest BCUT2D eigenvalue weighted by Gasteiger charge is -2.12. The number of aryl methyl sites for hydroxylation is 4. The Hall–Kier alpha value is -1.99. The maximum atomic E-state index is 12.8. The third-order valence-corrected chi connectivity index (χ3v) is 6.86. The lowest BCUT2D eigenvalue weighted by atomic mass is 9.92. The van der Waals surface area contributed by atoms with E-state index < -0.39 is 7.80 Å². The fourth-order valence-corrected chi connectivity index (χ4v) is 5.19. The van der Waals surface area contributed by atoms with Gasteiger partial charge in [-0.2, -0.15) is 0 Å². The van der Waals surface area contributed by atoms with Crippen molar-refractivity contribution >= 4 is 19.1 Å². The standard InChI is InChI=1S/C24H31O3P/c1-5-19-13-10-14-20(6-2)23(19)21(25)15-7-8-16-28(27)24(26)22-17(3)11-9-12-18(22)4/h9-14,28H,5-8,15-16H2,1-4H3. The van der Waals surface area contributed by atoms with Crippen LogP contribution in [0.4, 0.5) is 0 Å². The topological polar surface area (TPSA) is 51.2 Å². The highest BCUT2D eigenvalue weighted by Gasteiger charge is 2.19. The van der Waals surface area contributed by atoms with E-state index in [1.54, 1.807) is 0 Å². The Balaban J connectivity index is 1.93. The van der Waals surface area contributed by atoms with Gasteiger partial charge in [0, 0.05) is 23.7 Å². The van der Waals surface area contributed by atoms with Crippen LogP contribution in [-0.4, -0.2) is 17.5 Å². The first-order chi connectivity index (χ1) is 13.4. The Labute approximate surface area is 169 Å². The van der Waals surface area contributed by atoms with Crippen molar-refractivity contribution in [2.45, 2.75) is 59.8 Å². The van der Waals surface area contributed by atoms with Crippen LogP contribution in [-0.2, 0) is 17.4 Å². The van der Waals surface area contributed by atoms with E-state index in [-0.39, 0.29) is 11.3 Å². The molecule has 1 atom stereocenters. The van der Waals surface area contributed by atoms with Crippen LogP contribution in [0.3, 0.4) is 0 Å². The van der Waals surface area contributed by atoms with Crippen LogP contribution in [0.5, 0.6) is 0 Å². The molecule has 2 rings (SSSR count). The summed E-state index contributed by atoms with van der Waals surface area (Å²) in [6, 6.07) is 11.7. The molecule has 0 N–H and O–H groups in total. The quantitative estimate of drug-likeness (QED) is 0.273. The van der Waals surface area contributed by atoms with Gasteiger partial charge in [-0.25, -0.2) is 0 Å². The Bertz CT molecular complexity index is 841. The van der Waals surface area contributed by atoms with E-state index in [2.05, 4.69) is 13.8 Å². The summed E-state index contributed by atoms with van der Waals surface area (Å²) in [7, 11) is -2.35. The molecule has 2 aromatic rings. The van der Waals surface area contributed by atoms with Crippen molar-refractivity contribution in [3.63, 3.8) is 0 Å². The van der Waals surface area contributed by atoms with Crippen molar-refractivity contribution in [3.8, 4) is 0 Å². The molecule has 0 bridgehead atoms. The minimum absolute atomic E-state index is 0.162. The molecule has 0 aliphatic heterocycles. The monoisotopic (exact) mass is 398 g/mol. The van der Waals surface area contributed by atoms with Crippen molar-refractivity contribution in [2.75, 3.05) is 6.16 Å². The number of ketones is 1. The molecule has 0 radical (unpaired) electrons. The second kappa shape index (κ2) is 10.5. The molecule has 0 saturated carbocycles. The number of unbranched alkanes of at least 4 members (excludes halogenated alkanes) is 1. The lowest BCUT2D eigenvalue weighted by Crippen LogP contribution is -2.08. The summed E-state index contributed by atoms with van der Waals surface area (Å²) in [6.07, 6.45) is 3.80. The molecule has 0 aliphatic rings. The Kier molecular flexibility index (Phi) is 8.38. The van der Waals surface area contributed by atoms with Gasteiger partial charge in [0.15, 0.2) is 5.78 Å². The number of hydrogen-bond acceptors (Lipinski definition) is 3. The lowest BCUT2D eigenvalue weighted by molar-refractivity contribution is 0.0978. The van der Waals surface area contributed by atoms with Gasteiger partial charge in [-0.05, 0) is 61.8 Å². The van der Waals surface area contributed by atoms with Crippen molar-refractivity contribution in [1.82, 2.24) is 0 Å². The molecule has 0 aliphatic carbocycles. The molecule has 0 heterocycles. The summed E-state index contributed by atoms with van der Waals surface area (Å²) in [6.45, 7) is 7.89. The Morgan fingerprint density at radius 2 is 1.36 bits per heavy atom. The molecule has 3 nitrogen and oxygen atoms in total. The Morgan fingerprint density at radius 3 is 1.89 bits per heavy atom. The number of rotatable bonds is 10. The predicted molar refractivity (Wildman–Crippen MR) is 117 cm³/mol. The van der Waals surface area contributed by atoms with E-state index in [0.717, 1.165) is 40.7 Å². The number of Topliss-reactive ketones (excluding diaryl/α,β-unsaturated/α-hetero) is 1. The molecule has 2 aromatic carbocycles. The van der Waals surface area contributed by atoms with E-state index in [4.69, 9.17) is 0 Å². The first-order valence-corrected chi connectivity index (χ1v) is 11.8. The number of carbonyl (C=O) groups excluding carboxylic acids is 2. The molecule has 28 heavy (non-hydrogen) atoms. The summed E-state index contributed by atoms with van der Waals surface area (Å²) in [4.78, 5) is 25.3. The fourth-order valence-electron chi connectivity index (χ4n) is 3.72. The van der Waals surface area contributed by atoms with Crippen molar-refractivity contribution < 1.29 is 14.2 Å². The van der Waals surface area contributed by atoms with Crippen LogP contribution in [0.25, 0.3) is 0 Å². The largest absolute Gasteiger partial charge is 0.318 e. The van der Waals surface area contributed by atoms with Crippen LogP contribution >= 0.6 is 7.80 Å². The minimum atomic E-state index is -2.35. The van der Waals surface area contributed by atoms with Gasteiger partial charge in [-0.1, -0.05) is 50.2 Å². The zero-order valence-electron chi connectivity index (χ0n) is 17.4. The van der Waals surface area contributed by atoms with Gasteiger partial charge in [-0.15, -0.1) is 0 Å². The van der Waals surface area contributed by atoms with Crippen molar-refractivity contribution in [1.29, 1.82) is 0 Å². The average Bonchev–Trinajstić information content (AvgIpc) is 2.69. The van der Waals surface area contributed by atoms with E-state index >= 15 is 0 Å². The zero-order chi connectivity index (χ0) is 20.7. The Morgan fingerprint density at radius 1 is 0.821 bits per heavy atom. The molecule has 1 unspecified atom stereocenters. The highest BCUT2D eigenvalue weighted by Crippen LogP contribution is 2.31. The van der Waals surface area contributed by atoms with Crippen LogP contribution in [0.2, 0.25) is 0 Å². The molecule has 150 valence electrons. The third kappa shape index (κ3) is 5.29. The van der Waals surface area contributed by atoms with Crippen molar-refractivity contribution in [2.24, 2.45) is 0 Å². The normalized spacial score (nSPS) is 12.0. The third-order valence-electron chi connectivity index (χ3n) is 5.30. The summed E-state index contributed by atoms with van der Waals surface area (Å²) >= 11 is 0. The van der Waals surface area contributed by atoms with E-state index in [1.807, 2.05) is 50.2 Å². The van der Waals surface area contributed by atoms with Crippen LogP contribution in [0, 0.1) is 13.8 Å². The molecule has 0 saturated heterocycles.